The number of hydrogen-bond donors (Lipinski definition) is 1. The summed E-state index contributed by atoms with van der Waals surface area (Å²) in [5.74, 6) is -0.198. The van der Waals surface area contributed by atoms with Crippen LogP contribution in [-0.4, -0.2) is 25.9 Å². The predicted octanol–water partition coefficient (Wildman–Crippen LogP) is 2.76. The second-order valence-electron chi connectivity index (χ2n) is 6.53. The lowest BCUT2D eigenvalue weighted by atomic mass is 10.1. The van der Waals surface area contributed by atoms with Crippen LogP contribution in [0.1, 0.15) is 21.5 Å². The van der Waals surface area contributed by atoms with Gasteiger partial charge in [-0.05, 0) is 53.9 Å². The molecule has 0 saturated carbocycles. The van der Waals surface area contributed by atoms with Crippen LogP contribution in [0.4, 0.5) is 5.69 Å². The molecule has 0 aliphatic carbocycles. The van der Waals surface area contributed by atoms with Gasteiger partial charge in [0.25, 0.3) is 15.9 Å². The van der Waals surface area contributed by atoms with E-state index in [0.29, 0.717) is 30.8 Å². The first-order chi connectivity index (χ1) is 13.6. The second kappa shape index (κ2) is 7.44. The lowest BCUT2D eigenvalue weighted by molar-refractivity contribution is 0.0951. The summed E-state index contributed by atoms with van der Waals surface area (Å²) >= 11 is 0. The van der Waals surface area contributed by atoms with E-state index >= 15 is 0 Å². The van der Waals surface area contributed by atoms with Crippen molar-refractivity contribution in [2.45, 2.75) is 17.9 Å². The zero-order valence-corrected chi connectivity index (χ0v) is 15.9. The third-order valence-corrected chi connectivity index (χ3v) is 6.53. The Morgan fingerprint density at radius 3 is 2.64 bits per heavy atom. The number of nitrogens with one attached hydrogen (secondary N) is 1. The van der Waals surface area contributed by atoms with Gasteiger partial charge in [-0.3, -0.25) is 14.1 Å². The number of carbonyl (C=O) groups is 1. The average molecular weight is 393 g/mol. The first-order valence-corrected chi connectivity index (χ1v) is 10.4. The molecule has 0 radical (unpaired) electrons. The Kier molecular flexibility index (Phi) is 4.83. The van der Waals surface area contributed by atoms with Gasteiger partial charge in [0.1, 0.15) is 0 Å². The third kappa shape index (κ3) is 3.48. The Morgan fingerprint density at radius 2 is 1.89 bits per heavy atom. The first kappa shape index (κ1) is 18.2. The summed E-state index contributed by atoms with van der Waals surface area (Å²) in [6.45, 7) is 0.756. The molecule has 0 unspecified atom stereocenters. The van der Waals surface area contributed by atoms with Gasteiger partial charge >= 0.3 is 0 Å². The quantitative estimate of drug-likeness (QED) is 0.723. The first-order valence-electron chi connectivity index (χ1n) is 8.93. The van der Waals surface area contributed by atoms with Crippen LogP contribution >= 0.6 is 0 Å². The van der Waals surface area contributed by atoms with Crippen LogP contribution in [0.3, 0.4) is 0 Å². The highest BCUT2D eigenvalue weighted by atomic mass is 32.2. The minimum absolute atomic E-state index is 0.198. The normalized spacial score (nSPS) is 13.2. The van der Waals surface area contributed by atoms with E-state index in [0.717, 1.165) is 11.1 Å². The molecular formula is C21H19N3O3S. The highest BCUT2D eigenvalue weighted by Crippen LogP contribution is 2.33. The average Bonchev–Trinajstić information content (AvgIpc) is 3.17. The van der Waals surface area contributed by atoms with Crippen molar-refractivity contribution >= 4 is 21.6 Å². The molecule has 4 rings (SSSR count). The zero-order chi connectivity index (χ0) is 19.6. The van der Waals surface area contributed by atoms with E-state index in [4.69, 9.17) is 0 Å². The van der Waals surface area contributed by atoms with Crippen LogP contribution < -0.4 is 9.62 Å². The largest absolute Gasteiger partial charge is 0.348 e. The van der Waals surface area contributed by atoms with Crippen molar-refractivity contribution in [3.63, 3.8) is 0 Å². The van der Waals surface area contributed by atoms with Crippen molar-refractivity contribution in [1.29, 1.82) is 0 Å². The van der Waals surface area contributed by atoms with Crippen molar-refractivity contribution in [3.05, 3.63) is 89.7 Å². The lowest BCUT2D eigenvalue weighted by Crippen LogP contribution is -2.29. The predicted molar refractivity (Wildman–Crippen MR) is 107 cm³/mol. The molecule has 142 valence electrons. The number of aromatic nitrogens is 1. The molecule has 6 nitrogen and oxygen atoms in total. The molecule has 3 aromatic rings. The van der Waals surface area contributed by atoms with E-state index in [1.165, 1.54) is 4.31 Å². The summed E-state index contributed by atoms with van der Waals surface area (Å²) in [6.07, 6.45) is 3.96. The number of rotatable bonds is 5. The Bertz CT molecular complexity index is 1100. The van der Waals surface area contributed by atoms with Crippen molar-refractivity contribution in [3.8, 4) is 0 Å². The molecular weight excluding hydrogens is 374 g/mol. The molecule has 1 aliphatic rings. The van der Waals surface area contributed by atoms with E-state index in [9.17, 15) is 13.2 Å². The Hall–Kier alpha value is -3.19. The van der Waals surface area contributed by atoms with Crippen molar-refractivity contribution < 1.29 is 13.2 Å². The Balaban J connectivity index is 1.53. The Morgan fingerprint density at radius 1 is 1.07 bits per heavy atom. The monoisotopic (exact) mass is 393 g/mol. The molecule has 1 aliphatic heterocycles. The lowest BCUT2D eigenvalue weighted by Gasteiger charge is -2.19. The van der Waals surface area contributed by atoms with Crippen LogP contribution in [0, 0.1) is 0 Å². The summed E-state index contributed by atoms with van der Waals surface area (Å²) in [5, 5.41) is 2.86. The molecule has 0 bridgehead atoms. The van der Waals surface area contributed by atoms with E-state index < -0.39 is 10.0 Å². The van der Waals surface area contributed by atoms with Crippen molar-refractivity contribution in [2.75, 3.05) is 10.8 Å². The molecule has 0 atom stereocenters. The van der Waals surface area contributed by atoms with Gasteiger partial charge in [-0.1, -0.05) is 24.3 Å². The van der Waals surface area contributed by atoms with E-state index in [2.05, 4.69) is 10.3 Å². The smallest absolute Gasteiger partial charge is 0.264 e. The molecule has 1 aromatic heterocycles. The maximum Gasteiger partial charge on any atom is 0.264 e. The molecule has 2 aromatic carbocycles. The molecule has 28 heavy (non-hydrogen) atoms. The fraction of sp³-hybridized carbons (Fsp3) is 0.143. The topological polar surface area (TPSA) is 79.4 Å². The van der Waals surface area contributed by atoms with Crippen LogP contribution in [-0.2, 0) is 23.0 Å². The molecule has 0 fully saturated rings. The van der Waals surface area contributed by atoms with Crippen LogP contribution in [0.25, 0.3) is 0 Å². The molecule has 0 saturated heterocycles. The van der Waals surface area contributed by atoms with Gasteiger partial charge in [0.2, 0.25) is 0 Å². The van der Waals surface area contributed by atoms with Gasteiger partial charge in [0.05, 0.1) is 10.6 Å². The summed E-state index contributed by atoms with van der Waals surface area (Å²) in [7, 11) is -3.61. The summed E-state index contributed by atoms with van der Waals surface area (Å²) in [5.41, 5.74) is 2.92. The van der Waals surface area contributed by atoms with E-state index in [1.807, 2.05) is 12.1 Å². The number of pyridine rings is 1. The van der Waals surface area contributed by atoms with E-state index in [-0.39, 0.29) is 10.8 Å². The highest BCUT2D eigenvalue weighted by molar-refractivity contribution is 7.92. The maximum absolute atomic E-state index is 12.9. The number of hydrogen-bond acceptors (Lipinski definition) is 4. The van der Waals surface area contributed by atoms with Crippen molar-refractivity contribution in [2.24, 2.45) is 0 Å². The summed E-state index contributed by atoms with van der Waals surface area (Å²) < 4.78 is 27.2. The number of nitrogens with zero attached hydrogens (tertiary/aromatic N) is 2. The molecule has 0 spiro atoms. The molecule has 1 N–H and O–H groups in total. The molecule has 1 amide bonds. The van der Waals surface area contributed by atoms with Gasteiger partial charge in [0, 0.05) is 31.0 Å². The second-order valence-corrected chi connectivity index (χ2v) is 8.39. The standard InChI is InChI=1S/C21H19N3O3S/c25-21(23-15-16-5-4-11-22-14-16)18-8-9-20-17(13-18)10-12-24(20)28(26,27)19-6-2-1-3-7-19/h1-9,11,13-14H,10,12,15H2,(H,23,25). The van der Waals surface area contributed by atoms with Gasteiger partial charge in [-0.25, -0.2) is 8.42 Å². The van der Waals surface area contributed by atoms with E-state index in [1.54, 1.807) is 60.9 Å². The van der Waals surface area contributed by atoms with Gasteiger partial charge in [-0.15, -0.1) is 0 Å². The van der Waals surface area contributed by atoms with Crippen LogP contribution in [0.5, 0.6) is 0 Å². The number of anilines is 1. The maximum atomic E-state index is 12.9. The number of sulfonamides is 1. The van der Waals surface area contributed by atoms with Gasteiger partial charge < -0.3 is 5.32 Å². The Labute approximate surface area is 163 Å². The molecule has 2 heterocycles. The van der Waals surface area contributed by atoms with Crippen LogP contribution in [0.15, 0.2) is 78.0 Å². The van der Waals surface area contributed by atoms with Crippen LogP contribution in [0.2, 0.25) is 0 Å². The minimum Gasteiger partial charge on any atom is -0.348 e. The fourth-order valence-corrected chi connectivity index (χ4v) is 4.79. The highest BCUT2D eigenvalue weighted by Gasteiger charge is 2.31. The minimum atomic E-state index is -3.61. The van der Waals surface area contributed by atoms with Crippen molar-refractivity contribution in [1.82, 2.24) is 10.3 Å². The zero-order valence-electron chi connectivity index (χ0n) is 15.1. The summed E-state index contributed by atoms with van der Waals surface area (Å²) in [4.78, 5) is 16.7. The third-order valence-electron chi connectivity index (χ3n) is 4.70. The number of fused-ring (bicyclic) bond motifs is 1. The number of amides is 1. The van der Waals surface area contributed by atoms with Gasteiger partial charge in [-0.2, -0.15) is 0 Å². The molecule has 7 heteroatoms. The number of carbonyl (C=O) groups excluding carboxylic acids is 1. The SMILES string of the molecule is O=C(NCc1cccnc1)c1ccc2c(c1)CCN2S(=O)(=O)c1ccccc1. The van der Waals surface area contributed by atoms with Gasteiger partial charge in [0.15, 0.2) is 0 Å². The number of benzene rings is 2. The fourth-order valence-electron chi connectivity index (χ4n) is 3.27. The summed E-state index contributed by atoms with van der Waals surface area (Å²) in [6, 6.07) is 17.2.